The van der Waals surface area contributed by atoms with Crippen LogP contribution in [0.1, 0.15) is 40.0 Å². The molecule has 0 saturated heterocycles. The third-order valence-corrected chi connectivity index (χ3v) is 10.5. The van der Waals surface area contributed by atoms with Crippen molar-refractivity contribution in [3.63, 3.8) is 0 Å². The Balaban J connectivity index is 2.16. The molecule has 0 radical (unpaired) electrons. The van der Waals surface area contributed by atoms with E-state index >= 15 is 0 Å². The number of amides is 1. The molecule has 0 bridgehead atoms. The summed E-state index contributed by atoms with van der Waals surface area (Å²) in [6.45, 7) is 11.1. The first kappa shape index (κ1) is 22.0. The number of nitrogens with one attached hydrogen (secondary N) is 2. The minimum atomic E-state index is -1.95. The van der Waals surface area contributed by atoms with E-state index in [2.05, 4.69) is 65.4 Å². The Kier molecular flexibility index (Phi) is 6.80. The van der Waals surface area contributed by atoms with Crippen LogP contribution in [0.3, 0.4) is 0 Å². The van der Waals surface area contributed by atoms with Gasteiger partial charge in [0, 0.05) is 18.2 Å². The van der Waals surface area contributed by atoms with Crippen LogP contribution in [0.2, 0.25) is 18.1 Å². The maximum Gasteiger partial charge on any atom is 0.404 e. The first-order valence-corrected chi connectivity index (χ1v) is 12.9. The van der Waals surface area contributed by atoms with Gasteiger partial charge in [-0.25, -0.2) is 9.78 Å². The van der Waals surface area contributed by atoms with Gasteiger partial charge in [0.15, 0.2) is 8.32 Å². The average molecular weight is 459 g/mol. The quantitative estimate of drug-likeness (QED) is 0.384. The standard InChI is InChI=1S/C18H31BrN4O3Si/c1-18(2,3)27(4,5)26-13-7-11(6-12(8-13)23-17(24)25)22-15-9-16(19)21-10-14(15)20/h9-13,23H,6-8,20H2,1-5H3,(H,21,22)(H,24,25). The number of aromatic nitrogens is 1. The lowest BCUT2D eigenvalue weighted by Gasteiger charge is -2.43. The highest BCUT2D eigenvalue weighted by atomic mass is 79.9. The molecule has 152 valence electrons. The van der Waals surface area contributed by atoms with Gasteiger partial charge in [0.2, 0.25) is 0 Å². The highest BCUT2D eigenvalue weighted by molar-refractivity contribution is 9.10. The number of carbonyl (C=O) groups is 1. The van der Waals surface area contributed by atoms with Gasteiger partial charge < -0.3 is 25.9 Å². The van der Waals surface area contributed by atoms with Crippen molar-refractivity contribution < 1.29 is 14.3 Å². The Morgan fingerprint density at radius 1 is 1.33 bits per heavy atom. The van der Waals surface area contributed by atoms with E-state index in [-0.39, 0.29) is 23.2 Å². The highest BCUT2D eigenvalue weighted by Gasteiger charge is 2.41. The van der Waals surface area contributed by atoms with Crippen molar-refractivity contribution in [2.24, 2.45) is 0 Å². The fourth-order valence-corrected chi connectivity index (χ4v) is 4.86. The van der Waals surface area contributed by atoms with E-state index in [1.807, 2.05) is 6.07 Å². The normalized spacial score (nSPS) is 23.7. The second kappa shape index (κ2) is 8.36. The minimum absolute atomic E-state index is 0.000457. The minimum Gasteiger partial charge on any atom is -0.465 e. The molecule has 3 unspecified atom stereocenters. The van der Waals surface area contributed by atoms with Gasteiger partial charge in [-0.2, -0.15) is 0 Å². The molecule has 1 saturated carbocycles. The average Bonchev–Trinajstić information content (AvgIpc) is 2.48. The number of pyridine rings is 1. The Morgan fingerprint density at radius 2 is 1.96 bits per heavy atom. The molecule has 27 heavy (non-hydrogen) atoms. The second-order valence-electron chi connectivity index (χ2n) is 8.79. The maximum absolute atomic E-state index is 11.2. The first-order valence-electron chi connectivity index (χ1n) is 9.22. The van der Waals surface area contributed by atoms with E-state index in [1.54, 1.807) is 6.20 Å². The van der Waals surface area contributed by atoms with Gasteiger partial charge in [0.25, 0.3) is 0 Å². The predicted molar refractivity (Wildman–Crippen MR) is 115 cm³/mol. The second-order valence-corrected chi connectivity index (χ2v) is 14.4. The summed E-state index contributed by atoms with van der Waals surface area (Å²) < 4.78 is 7.29. The first-order chi connectivity index (χ1) is 12.4. The zero-order valence-electron chi connectivity index (χ0n) is 16.7. The number of hydrogen-bond acceptors (Lipinski definition) is 5. The number of nitrogens with two attached hydrogens (primary N) is 1. The van der Waals surface area contributed by atoms with E-state index < -0.39 is 14.4 Å². The largest absolute Gasteiger partial charge is 0.465 e. The molecular formula is C18H31BrN4O3Si. The van der Waals surface area contributed by atoms with Gasteiger partial charge in [0.05, 0.1) is 17.6 Å². The molecule has 3 atom stereocenters. The summed E-state index contributed by atoms with van der Waals surface area (Å²) in [5, 5.41) is 15.4. The Bertz CT molecular complexity index is 681. The number of carboxylic acid groups (broad SMARTS) is 1. The molecule has 2 rings (SSSR count). The number of nitrogen functional groups attached to an aromatic ring is 1. The molecule has 1 heterocycles. The SMILES string of the molecule is CC(C)(C)[Si](C)(C)OC1CC(NC(=O)O)CC(Nc2cc(Br)ncc2N)C1. The molecule has 0 spiro atoms. The van der Waals surface area contributed by atoms with Gasteiger partial charge in [-0.15, -0.1) is 0 Å². The Hall–Kier alpha value is -1.32. The molecular weight excluding hydrogens is 428 g/mol. The predicted octanol–water partition coefficient (Wildman–Crippen LogP) is 4.42. The van der Waals surface area contributed by atoms with Crippen molar-refractivity contribution in [2.75, 3.05) is 11.1 Å². The summed E-state index contributed by atoms with van der Waals surface area (Å²) >= 11 is 3.36. The molecule has 5 N–H and O–H groups in total. The zero-order chi connectivity index (χ0) is 20.4. The third kappa shape index (κ3) is 6.08. The van der Waals surface area contributed by atoms with Crippen LogP contribution in [-0.4, -0.2) is 42.7 Å². The van der Waals surface area contributed by atoms with Crippen LogP contribution in [0.15, 0.2) is 16.9 Å². The zero-order valence-corrected chi connectivity index (χ0v) is 19.3. The van der Waals surface area contributed by atoms with E-state index in [1.165, 1.54) is 0 Å². The summed E-state index contributed by atoms with van der Waals surface area (Å²) in [5.41, 5.74) is 7.39. The number of anilines is 2. The molecule has 1 aliphatic rings. The maximum atomic E-state index is 11.2. The van der Waals surface area contributed by atoms with Crippen molar-refractivity contribution in [2.45, 2.75) is 76.4 Å². The van der Waals surface area contributed by atoms with Crippen molar-refractivity contribution >= 4 is 41.7 Å². The van der Waals surface area contributed by atoms with Crippen molar-refractivity contribution in [1.82, 2.24) is 10.3 Å². The van der Waals surface area contributed by atoms with E-state index in [9.17, 15) is 9.90 Å². The van der Waals surface area contributed by atoms with Crippen molar-refractivity contribution in [1.29, 1.82) is 0 Å². The van der Waals surface area contributed by atoms with Crippen LogP contribution >= 0.6 is 15.9 Å². The fourth-order valence-electron chi connectivity index (χ4n) is 3.15. The molecule has 1 aliphatic carbocycles. The number of rotatable bonds is 5. The van der Waals surface area contributed by atoms with Crippen molar-refractivity contribution in [3.8, 4) is 0 Å². The molecule has 7 nitrogen and oxygen atoms in total. The molecule has 1 aromatic heterocycles. The summed E-state index contributed by atoms with van der Waals surface area (Å²) in [4.78, 5) is 15.3. The summed E-state index contributed by atoms with van der Waals surface area (Å²) in [7, 11) is -1.95. The van der Waals surface area contributed by atoms with Crippen LogP contribution in [0.25, 0.3) is 0 Å². The molecule has 9 heteroatoms. The molecule has 1 amide bonds. The third-order valence-electron chi connectivity index (χ3n) is 5.52. The topological polar surface area (TPSA) is 110 Å². The monoisotopic (exact) mass is 458 g/mol. The van der Waals surface area contributed by atoms with Gasteiger partial charge in [-0.05, 0) is 59.4 Å². The van der Waals surface area contributed by atoms with Gasteiger partial charge >= 0.3 is 6.09 Å². The van der Waals surface area contributed by atoms with Crippen LogP contribution in [-0.2, 0) is 4.43 Å². The van der Waals surface area contributed by atoms with Crippen molar-refractivity contribution in [3.05, 3.63) is 16.9 Å². The lowest BCUT2D eigenvalue weighted by atomic mass is 9.88. The van der Waals surface area contributed by atoms with Gasteiger partial charge in [0.1, 0.15) is 4.60 Å². The summed E-state index contributed by atoms with van der Waals surface area (Å²) in [5.74, 6) is 0. The smallest absolute Gasteiger partial charge is 0.404 e. The number of halogens is 1. The summed E-state index contributed by atoms with van der Waals surface area (Å²) in [6, 6.07) is 1.74. The summed E-state index contributed by atoms with van der Waals surface area (Å²) in [6.07, 6.45) is 2.78. The van der Waals surface area contributed by atoms with E-state index in [4.69, 9.17) is 10.2 Å². The van der Waals surface area contributed by atoms with Crippen LogP contribution in [0, 0.1) is 0 Å². The number of hydrogen-bond donors (Lipinski definition) is 4. The lowest BCUT2D eigenvalue weighted by molar-refractivity contribution is 0.111. The molecule has 1 fully saturated rings. The van der Waals surface area contributed by atoms with Crippen LogP contribution in [0.5, 0.6) is 0 Å². The lowest BCUT2D eigenvalue weighted by Crippen LogP contribution is -2.51. The van der Waals surface area contributed by atoms with E-state index in [0.29, 0.717) is 23.1 Å². The van der Waals surface area contributed by atoms with Gasteiger partial charge in [-0.3, -0.25) is 0 Å². The fraction of sp³-hybridized carbons (Fsp3) is 0.667. The molecule has 0 aromatic carbocycles. The van der Waals surface area contributed by atoms with Crippen LogP contribution < -0.4 is 16.4 Å². The van der Waals surface area contributed by atoms with Gasteiger partial charge in [-0.1, -0.05) is 20.8 Å². The molecule has 1 aromatic rings. The number of nitrogens with zero attached hydrogens (tertiary/aromatic N) is 1. The highest BCUT2D eigenvalue weighted by Crippen LogP contribution is 2.39. The van der Waals surface area contributed by atoms with Crippen LogP contribution in [0.4, 0.5) is 16.2 Å². The Morgan fingerprint density at radius 3 is 2.56 bits per heavy atom. The molecule has 0 aliphatic heterocycles. The van der Waals surface area contributed by atoms with E-state index in [0.717, 1.165) is 12.1 Å². The Labute approximate surface area is 170 Å².